The smallest absolute Gasteiger partial charge is 0.0554 e. The van der Waals surface area contributed by atoms with E-state index in [1.807, 2.05) is 0 Å². The number of nitrogens with one attached hydrogen (secondary N) is 1. The molecule has 0 atom stereocenters. The predicted octanol–water partition coefficient (Wildman–Crippen LogP) is 1.68. The van der Waals surface area contributed by atoms with Gasteiger partial charge in [-0.3, -0.25) is 0 Å². The molecule has 1 fully saturated rings. The number of hydrogen-bond donors (Lipinski definition) is 1. The summed E-state index contributed by atoms with van der Waals surface area (Å²) in [5.74, 6) is 0. The molecule has 0 aromatic heterocycles. The molecule has 0 unspecified atom stereocenters. The lowest BCUT2D eigenvalue weighted by atomic mass is 9.86. The second kappa shape index (κ2) is 5.28. The molecule has 0 amide bonds. The van der Waals surface area contributed by atoms with Crippen LogP contribution in [0, 0.1) is 10.8 Å². The van der Waals surface area contributed by atoms with Gasteiger partial charge in [-0.15, -0.1) is 0 Å². The fourth-order valence-electron chi connectivity index (χ4n) is 1.72. The Labute approximate surface area is 93.5 Å². The number of ether oxygens (including phenoxy) is 2. The van der Waals surface area contributed by atoms with Crippen molar-refractivity contribution >= 4 is 0 Å². The molecular weight excluding hydrogens is 190 g/mol. The van der Waals surface area contributed by atoms with Gasteiger partial charge in [0.2, 0.25) is 0 Å². The first-order valence-corrected chi connectivity index (χ1v) is 5.75. The highest BCUT2D eigenvalue weighted by molar-refractivity contribution is 4.84. The second-order valence-corrected chi connectivity index (χ2v) is 5.81. The molecule has 0 spiro atoms. The van der Waals surface area contributed by atoms with Crippen LogP contribution in [0.4, 0.5) is 0 Å². The first-order chi connectivity index (χ1) is 6.97. The number of hydrogen-bond acceptors (Lipinski definition) is 3. The summed E-state index contributed by atoms with van der Waals surface area (Å²) in [6, 6.07) is 0. The molecule has 0 saturated carbocycles. The van der Waals surface area contributed by atoms with Crippen molar-refractivity contribution in [3.05, 3.63) is 0 Å². The topological polar surface area (TPSA) is 30.5 Å². The summed E-state index contributed by atoms with van der Waals surface area (Å²) >= 11 is 0. The minimum absolute atomic E-state index is 0.316. The standard InChI is InChI=1S/C12H25NO2/c1-11(2,5-6-14-4)7-13-8-12(3)9-15-10-12/h13H,5-10H2,1-4H3. The van der Waals surface area contributed by atoms with Crippen LogP contribution in [0.5, 0.6) is 0 Å². The summed E-state index contributed by atoms with van der Waals surface area (Å²) in [4.78, 5) is 0. The molecule has 15 heavy (non-hydrogen) atoms. The van der Waals surface area contributed by atoms with Crippen LogP contribution in [-0.2, 0) is 9.47 Å². The van der Waals surface area contributed by atoms with Gasteiger partial charge in [0.15, 0.2) is 0 Å². The van der Waals surface area contributed by atoms with Gasteiger partial charge in [-0.25, -0.2) is 0 Å². The molecule has 0 aliphatic carbocycles. The lowest BCUT2D eigenvalue weighted by Crippen LogP contribution is -2.48. The van der Waals surface area contributed by atoms with E-state index in [1.165, 1.54) is 0 Å². The van der Waals surface area contributed by atoms with Gasteiger partial charge in [0.25, 0.3) is 0 Å². The summed E-state index contributed by atoms with van der Waals surface area (Å²) in [6.07, 6.45) is 1.10. The summed E-state index contributed by atoms with van der Waals surface area (Å²) in [6.45, 7) is 11.6. The van der Waals surface area contributed by atoms with Gasteiger partial charge in [-0.1, -0.05) is 20.8 Å². The Bertz CT molecular complexity index is 188. The van der Waals surface area contributed by atoms with Crippen LogP contribution in [0.1, 0.15) is 27.2 Å². The Hall–Kier alpha value is -0.120. The van der Waals surface area contributed by atoms with E-state index >= 15 is 0 Å². The first kappa shape index (κ1) is 12.9. The van der Waals surface area contributed by atoms with Crippen LogP contribution in [0.15, 0.2) is 0 Å². The van der Waals surface area contributed by atoms with Crippen molar-refractivity contribution in [1.82, 2.24) is 5.32 Å². The van der Waals surface area contributed by atoms with E-state index in [1.54, 1.807) is 7.11 Å². The fraction of sp³-hybridized carbons (Fsp3) is 1.00. The fourth-order valence-corrected chi connectivity index (χ4v) is 1.72. The molecule has 90 valence electrons. The van der Waals surface area contributed by atoms with Crippen molar-refractivity contribution in [3.8, 4) is 0 Å². The minimum Gasteiger partial charge on any atom is -0.385 e. The predicted molar refractivity (Wildman–Crippen MR) is 62.1 cm³/mol. The van der Waals surface area contributed by atoms with Crippen molar-refractivity contribution in [2.24, 2.45) is 10.8 Å². The van der Waals surface area contributed by atoms with Crippen LogP contribution >= 0.6 is 0 Å². The Morgan fingerprint density at radius 1 is 1.40 bits per heavy atom. The largest absolute Gasteiger partial charge is 0.385 e. The van der Waals surface area contributed by atoms with Gasteiger partial charge in [-0.2, -0.15) is 0 Å². The zero-order chi connectivity index (χ0) is 11.4. The Morgan fingerprint density at radius 2 is 2.07 bits per heavy atom. The van der Waals surface area contributed by atoms with Crippen molar-refractivity contribution in [2.45, 2.75) is 27.2 Å². The molecule has 1 heterocycles. The van der Waals surface area contributed by atoms with Crippen LogP contribution in [-0.4, -0.2) is 40.0 Å². The molecule has 3 heteroatoms. The van der Waals surface area contributed by atoms with E-state index in [9.17, 15) is 0 Å². The number of methoxy groups -OCH3 is 1. The van der Waals surface area contributed by atoms with Crippen molar-refractivity contribution < 1.29 is 9.47 Å². The zero-order valence-electron chi connectivity index (χ0n) is 10.6. The van der Waals surface area contributed by atoms with Crippen LogP contribution in [0.3, 0.4) is 0 Å². The summed E-state index contributed by atoms with van der Waals surface area (Å²) in [7, 11) is 1.76. The van der Waals surface area contributed by atoms with Crippen LogP contribution in [0.25, 0.3) is 0 Å². The van der Waals surface area contributed by atoms with Crippen LogP contribution < -0.4 is 5.32 Å². The average Bonchev–Trinajstić information content (AvgIpc) is 2.12. The maximum atomic E-state index is 5.23. The molecule has 1 rings (SSSR count). The Kier molecular flexibility index (Phi) is 4.56. The van der Waals surface area contributed by atoms with Gasteiger partial charge >= 0.3 is 0 Å². The molecule has 0 bridgehead atoms. The summed E-state index contributed by atoms with van der Waals surface area (Å²) in [5.41, 5.74) is 0.689. The minimum atomic E-state index is 0.316. The van der Waals surface area contributed by atoms with E-state index in [4.69, 9.17) is 9.47 Å². The lowest BCUT2D eigenvalue weighted by molar-refractivity contribution is -0.0996. The van der Waals surface area contributed by atoms with Gasteiger partial charge in [-0.05, 0) is 11.8 Å². The highest BCUT2D eigenvalue weighted by atomic mass is 16.5. The van der Waals surface area contributed by atoms with E-state index in [0.717, 1.165) is 39.3 Å². The van der Waals surface area contributed by atoms with Gasteiger partial charge in [0.1, 0.15) is 0 Å². The van der Waals surface area contributed by atoms with Crippen molar-refractivity contribution in [2.75, 3.05) is 40.0 Å². The maximum absolute atomic E-state index is 5.23. The quantitative estimate of drug-likeness (QED) is 0.701. The SMILES string of the molecule is COCCC(C)(C)CNCC1(C)COC1. The third kappa shape index (κ3) is 4.49. The molecule has 1 saturated heterocycles. The van der Waals surface area contributed by atoms with E-state index in [2.05, 4.69) is 26.1 Å². The Balaban J connectivity index is 2.12. The molecule has 1 aliphatic rings. The average molecular weight is 215 g/mol. The van der Waals surface area contributed by atoms with Crippen molar-refractivity contribution in [1.29, 1.82) is 0 Å². The van der Waals surface area contributed by atoms with E-state index in [0.29, 0.717) is 10.8 Å². The van der Waals surface area contributed by atoms with Crippen molar-refractivity contribution in [3.63, 3.8) is 0 Å². The van der Waals surface area contributed by atoms with Gasteiger partial charge in [0.05, 0.1) is 13.2 Å². The second-order valence-electron chi connectivity index (χ2n) is 5.81. The molecule has 3 nitrogen and oxygen atoms in total. The van der Waals surface area contributed by atoms with E-state index in [-0.39, 0.29) is 0 Å². The first-order valence-electron chi connectivity index (χ1n) is 5.75. The summed E-state index contributed by atoms with van der Waals surface area (Å²) < 4.78 is 10.3. The van der Waals surface area contributed by atoms with Crippen LogP contribution in [0.2, 0.25) is 0 Å². The molecule has 0 aromatic rings. The third-order valence-electron chi connectivity index (χ3n) is 3.04. The Morgan fingerprint density at radius 3 is 2.53 bits per heavy atom. The van der Waals surface area contributed by atoms with Gasteiger partial charge < -0.3 is 14.8 Å². The molecule has 0 aromatic carbocycles. The lowest BCUT2D eigenvalue weighted by Gasteiger charge is -2.39. The maximum Gasteiger partial charge on any atom is 0.0554 e. The number of rotatable bonds is 7. The highest BCUT2D eigenvalue weighted by Crippen LogP contribution is 2.26. The molecular formula is C12H25NO2. The molecule has 1 aliphatic heterocycles. The monoisotopic (exact) mass is 215 g/mol. The van der Waals surface area contributed by atoms with E-state index < -0.39 is 0 Å². The normalized spacial score (nSPS) is 20.0. The zero-order valence-corrected chi connectivity index (χ0v) is 10.6. The highest BCUT2D eigenvalue weighted by Gasteiger charge is 2.33. The van der Waals surface area contributed by atoms with Gasteiger partial charge in [0, 0.05) is 32.2 Å². The molecule has 0 radical (unpaired) electrons. The summed E-state index contributed by atoms with van der Waals surface area (Å²) in [5, 5.41) is 3.54. The third-order valence-corrected chi connectivity index (χ3v) is 3.04. The molecule has 1 N–H and O–H groups in total.